The van der Waals surface area contributed by atoms with Crippen LogP contribution < -0.4 is 4.89 Å². The summed E-state index contributed by atoms with van der Waals surface area (Å²) in [4.78, 5) is 11.6. The lowest BCUT2D eigenvalue weighted by molar-refractivity contribution is -0.873. The molecule has 0 aromatic carbocycles. The second-order valence-electron chi connectivity index (χ2n) is 7.88. The van der Waals surface area contributed by atoms with Crippen molar-refractivity contribution in [3.8, 4) is 0 Å². The van der Waals surface area contributed by atoms with Gasteiger partial charge in [-0.2, -0.15) is 0 Å². The minimum atomic E-state index is -4.31. The number of hydrogen-bond acceptors (Lipinski definition) is 5. The van der Waals surface area contributed by atoms with E-state index < -0.39 is 13.9 Å². The van der Waals surface area contributed by atoms with E-state index in [0.29, 0.717) is 17.4 Å². The van der Waals surface area contributed by atoms with Gasteiger partial charge < -0.3 is 23.5 Å². The monoisotopic (exact) mass is 381 g/mol. The Morgan fingerprint density at radius 3 is 1.88 bits per heavy atom. The van der Waals surface area contributed by atoms with E-state index in [-0.39, 0.29) is 13.2 Å². The minimum absolute atomic E-state index is 0.155. The molecule has 0 spiro atoms. The largest absolute Gasteiger partial charge is 0.756 e. The van der Waals surface area contributed by atoms with Crippen molar-refractivity contribution in [1.29, 1.82) is 0 Å². The maximum Gasteiger partial charge on any atom is 0.267 e. The summed E-state index contributed by atoms with van der Waals surface area (Å²) in [6, 6.07) is 0. The molecule has 152 valence electrons. The van der Waals surface area contributed by atoms with E-state index in [4.69, 9.17) is 9.05 Å². The molecule has 2 atom stereocenters. The quantitative estimate of drug-likeness (QED) is 0.237. The van der Waals surface area contributed by atoms with Crippen LogP contribution in [0.4, 0.5) is 0 Å². The molecule has 0 amide bonds. The third-order valence-corrected chi connectivity index (χ3v) is 4.89. The number of quaternary nitrogens is 1. The molecule has 2 unspecified atom stereocenters. The molecule has 25 heavy (non-hydrogen) atoms. The number of aliphatic hydroxyl groups excluding tert-OH is 1. The molecule has 0 aromatic rings. The average Bonchev–Trinajstić information content (AvgIpc) is 2.49. The zero-order valence-corrected chi connectivity index (χ0v) is 17.6. The van der Waals surface area contributed by atoms with Crippen molar-refractivity contribution in [2.75, 3.05) is 40.9 Å². The minimum Gasteiger partial charge on any atom is -0.756 e. The number of phosphoric acid groups is 1. The first-order chi connectivity index (χ1) is 11.7. The number of rotatable bonds is 17. The highest BCUT2D eigenvalue weighted by atomic mass is 31.2. The van der Waals surface area contributed by atoms with Crippen LogP contribution in [0.3, 0.4) is 0 Å². The van der Waals surface area contributed by atoms with Gasteiger partial charge in [-0.15, -0.1) is 0 Å². The highest BCUT2D eigenvalue weighted by molar-refractivity contribution is 7.45. The number of unbranched alkanes of at least 4 members (excludes halogenated alkanes) is 9. The molecule has 7 heteroatoms. The molecule has 0 aliphatic carbocycles. The molecule has 0 aliphatic heterocycles. The summed E-state index contributed by atoms with van der Waals surface area (Å²) in [5.41, 5.74) is 0. The molecule has 0 aliphatic rings. The molecule has 0 heterocycles. The smallest absolute Gasteiger partial charge is 0.267 e. The Kier molecular flexibility index (Phi) is 14.1. The molecule has 0 aromatic heterocycles. The first kappa shape index (κ1) is 25.0. The summed E-state index contributed by atoms with van der Waals surface area (Å²) in [5.74, 6) is 0. The maximum absolute atomic E-state index is 11.6. The zero-order valence-electron chi connectivity index (χ0n) is 16.7. The standard InChI is InChI=1S/C18H40NO5P/c1-5-6-7-8-9-10-11-12-13-14-15-23-25(21,22)24-17-18(20)16-19(2,3)4/h18,20H,5-17H2,1-4H3. The van der Waals surface area contributed by atoms with Crippen molar-refractivity contribution in [3.05, 3.63) is 0 Å². The van der Waals surface area contributed by atoms with E-state index in [1.807, 2.05) is 21.1 Å². The Hall–Kier alpha value is 0.0300. The molecule has 0 rings (SSSR count). The Morgan fingerprint density at radius 2 is 1.40 bits per heavy atom. The number of nitrogens with zero attached hydrogens (tertiary/aromatic N) is 1. The van der Waals surface area contributed by atoms with Crippen molar-refractivity contribution in [2.24, 2.45) is 0 Å². The normalized spacial score (nSPS) is 15.9. The van der Waals surface area contributed by atoms with Crippen LogP contribution in [-0.4, -0.2) is 56.6 Å². The maximum atomic E-state index is 11.6. The van der Waals surface area contributed by atoms with Crippen LogP contribution in [0.5, 0.6) is 0 Å². The molecule has 6 nitrogen and oxygen atoms in total. The third-order valence-electron chi connectivity index (χ3n) is 3.93. The van der Waals surface area contributed by atoms with Gasteiger partial charge in [-0.3, -0.25) is 4.57 Å². The summed E-state index contributed by atoms with van der Waals surface area (Å²) in [6.07, 6.45) is 11.0. The third kappa shape index (κ3) is 18.6. The average molecular weight is 381 g/mol. The van der Waals surface area contributed by atoms with Crippen LogP contribution in [0.1, 0.15) is 71.1 Å². The SMILES string of the molecule is CCCCCCCCCCCCOP(=O)([O-])OCC(O)C[N+](C)(C)C. The summed E-state index contributed by atoms with van der Waals surface area (Å²) in [7, 11) is 1.45. The van der Waals surface area contributed by atoms with Gasteiger partial charge in [0.2, 0.25) is 0 Å². The molecule has 0 bridgehead atoms. The van der Waals surface area contributed by atoms with Crippen molar-refractivity contribution in [3.63, 3.8) is 0 Å². The van der Waals surface area contributed by atoms with Crippen LogP contribution in [0, 0.1) is 0 Å². The van der Waals surface area contributed by atoms with Crippen LogP contribution in [0.2, 0.25) is 0 Å². The van der Waals surface area contributed by atoms with E-state index >= 15 is 0 Å². The second kappa shape index (κ2) is 14.1. The first-order valence-corrected chi connectivity index (χ1v) is 11.2. The number of phosphoric ester groups is 1. The molecular weight excluding hydrogens is 341 g/mol. The van der Waals surface area contributed by atoms with Crippen LogP contribution >= 0.6 is 7.82 Å². The molecule has 1 N–H and O–H groups in total. The lowest BCUT2D eigenvalue weighted by Gasteiger charge is -2.28. The van der Waals surface area contributed by atoms with E-state index in [2.05, 4.69) is 6.92 Å². The predicted octanol–water partition coefficient (Wildman–Crippen LogP) is 3.48. The highest BCUT2D eigenvalue weighted by Gasteiger charge is 2.18. The van der Waals surface area contributed by atoms with Crippen LogP contribution in [-0.2, 0) is 13.6 Å². The lowest BCUT2D eigenvalue weighted by atomic mass is 10.1. The van der Waals surface area contributed by atoms with Gasteiger partial charge in [-0.1, -0.05) is 64.7 Å². The van der Waals surface area contributed by atoms with Gasteiger partial charge in [-0.25, -0.2) is 0 Å². The van der Waals surface area contributed by atoms with Gasteiger partial charge in [0, 0.05) is 0 Å². The number of aliphatic hydroxyl groups is 1. The Bertz CT molecular complexity index is 360. The molecular formula is C18H40NO5P. The summed E-state index contributed by atoms with van der Waals surface area (Å²) in [6.45, 7) is 2.54. The summed E-state index contributed by atoms with van der Waals surface area (Å²) >= 11 is 0. The van der Waals surface area contributed by atoms with Crippen molar-refractivity contribution >= 4 is 7.82 Å². The fourth-order valence-electron chi connectivity index (χ4n) is 2.67. The van der Waals surface area contributed by atoms with Gasteiger partial charge in [0.15, 0.2) is 0 Å². The van der Waals surface area contributed by atoms with Gasteiger partial charge in [-0.05, 0) is 6.42 Å². The Morgan fingerprint density at radius 1 is 0.920 bits per heavy atom. The van der Waals surface area contributed by atoms with Gasteiger partial charge >= 0.3 is 0 Å². The van der Waals surface area contributed by atoms with Gasteiger partial charge in [0.1, 0.15) is 12.6 Å². The van der Waals surface area contributed by atoms with Gasteiger partial charge in [0.25, 0.3) is 7.82 Å². The molecule has 0 radical (unpaired) electrons. The lowest BCUT2D eigenvalue weighted by Crippen LogP contribution is -2.43. The summed E-state index contributed by atoms with van der Waals surface area (Å²) in [5, 5.41) is 9.75. The molecule has 0 saturated heterocycles. The van der Waals surface area contributed by atoms with E-state index in [9.17, 15) is 14.6 Å². The van der Waals surface area contributed by atoms with Crippen molar-refractivity contribution < 1.29 is 28.1 Å². The number of likely N-dealkylation sites (N-methyl/N-ethyl adjacent to an activating group) is 1. The summed E-state index contributed by atoms with van der Waals surface area (Å²) < 4.78 is 21.8. The van der Waals surface area contributed by atoms with Crippen molar-refractivity contribution in [1.82, 2.24) is 0 Å². The predicted molar refractivity (Wildman–Crippen MR) is 100 cm³/mol. The fraction of sp³-hybridized carbons (Fsp3) is 1.00. The zero-order chi connectivity index (χ0) is 19.2. The van der Waals surface area contributed by atoms with E-state index in [1.54, 1.807) is 0 Å². The van der Waals surface area contributed by atoms with E-state index in [1.165, 1.54) is 44.9 Å². The van der Waals surface area contributed by atoms with E-state index in [0.717, 1.165) is 12.8 Å². The molecule has 0 saturated carbocycles. The topological polar surface area (TPSA) is 78.8 Å². The molecule has 0 fully saturated rings. The Balaban J connectivity index is 3.55. The highest BCUT2D eigenvalue weighted by Crippen LogP contribution is 2.38. The number of hydrogen-bond donors (Lipinski definition) is 1. The van der Waals surface area contributed by atoms with Crippen LogP contribution in [0.25, 0.3) is 0 Å². The first-order valence-electron chi connectivity index (χ1n) is 9.75. The van der Waals surface area contributed by atoms with Crippen LogP contribution in [0.15, 0.2) is 0 Å². The van der Waals surface area contributed by atoms with Crippen molar-refractivity contribution in [2.45, 2.75) is 77.2 Å². The Labute approximate surface area is 154 Å². The fourth-order valence-corrected chi connectivity index (χ4v) is 3.45. The van der Waals surface area contributed by atoms with Gasteiger partial charge in [0.05, 0.1) is 34.4 Å². The second-order valence-corrected chi connectivity index (χ2v) is 9.30.